The quantitative estimate of drug-likeness (QED) is 0.797. The van der Waals surface area contributed by atoms with E-state index in [0.29, 0.717) is 13.0 Å². The predicted octanol–water partition coefficient (Wildman–Crippen LogP) is 3.53. The van der Waals surface area contributed by atoms with Crippen molar-refractivity contribution >= 4 is 16.9 Å². The van der Waals surface area contributed by atoms with Crippen molar-refractivity contribution in [3.05, 3.63) is 65.0 Å². The first-order valence-corrected chi connectivity index (χ1v) is 8.90. The molecule has 1 atom stereocenters. The summed E-state index contributed by atoms with van der Waals surface area (Å²) in [6.07, 6.45) is 1.58. The van der Waals surface area contributed by atoms with Gasteiger partial charge in [0.25, 0.3) is 0 Å². The third-order valence-electron chi connectivity index (χ3n) is 5.19. The van der Waals surface area contributed by atoms with Crippen LogP contribution < -0.4 is 5.32 Å². The maximum Gasteiger partial charge on any atom is 0.223 e. The van der Waals surface area contributed by atoms with E-state index >= 15 is 0 Å². The van der Waals surface area contributed by atoms with E-state index in [9.17, 15) is 4.79 Å². The molecule has 25 heavy (non-hydrogen) atoms. The number of aryl methyl sites for hydroxylation is 3. The Hall–Kier alpha value is -2.62. The van der Waals surface area contributed by atoms with E-state index in [1.54, 1.807) is 0 Å². The number of aromatic nitrogens is 2. The van der Waals surface area contributed by atoms with E-state index in [2.05, 4.69) is 48.0 Å². The molecule has 4 nitrogen and oxygen atoms in total. The highest BCUT2D eigenvalue weighted by atomic mass is 16.1. The van der Waals surface area contributed by atoms with Gasteiger partial charge in [0.15, 0.2) is 0 Å². The van der Waals surface area contributed by atoms with Crippen LogP contribution in [0.1, 0.15) is 28.9 Å². The van der Waals surface area contributed by atoms with Crippen molar-refractivity contribution in [1.82, 2.24) is 14.9 Å². The molecule has 3 aromatic rings. The zero-order valence-corrected chi connectivity index (χ0v) is 14.7. The fraction of sp³-hybridized carbons (Fsp3) is 0.333. The van der Waals surface area contributed by atoms with Gasteiger partial charge in [-0.1, -0.05) is 35.9 Å². The number of hydrogen-bond donors (Lipinski definition) is 1. The average Bonchev–Trinajstić information content (AvgIpc) is 3.00. The van der Waals surface area contributed by atoms with Gasteiger partial charge in [-0.15, -0.1) is 0 Å². The standard InChI is InChI=1S/C21H23N3O/c1-14-7-8-15(2)17(11-14)13-22-21(25)16-9-10-24-19-6-4-3-5-18(19)23-20(24)12-16/h3-8,11,16H,9-10,12-13H2,1-2H3,(H,22,25). The van der Waals surface area contributed by atoms with Gasteiger partial charge in [-0.25, -0.2) is 4.98 Å². The van der Waals surface area contributed by atoms with Crippen molar-refractivity contribution in [2.75, 3.05) is 0 Å². The highest BCUT2D eigenvalue weighted by Crippen LogP contribution is 2.25. The normalized spacial score (nSPS) is 16.6. The molecule has 1 aliphatic rings. The first kappa shape index (κ1) is 15.9. The molecule has 0 aliphatic carbocycles. The fourth-order valence-electron chi connectivity index (χ4n) is 3.68. The van der Waals surface area contributed by atoms with Crippen LogP contribution >= 0.6 is 0 Å². The van der Waals surface area contributed by atoms with Crippen LogP contribution in [0.4, 0.5) is 0 Å². The molecule has 0 spiro atoms. The first-order chi connectivity index (χ1) is 12.1. The molecule has 1 aromatic heterocycles. The number of hydrogen-bond acceptors (Lipinski definition) is 2. The van der Waals surface area contributed by atoms with E-state index < -0.39 is 0 Å². The molecule has 0 saturated heterocycles. The van der Waals surface area contributed by atoms with Crippen LogP contribution in [0.25, 0.3) is 11.0 Å². The molecule has 4 rings (SSSR count). The zero-order chi connectivity index (χ0) is 17.4. The minimum absolute atomic E-state index is 0.00873. The second-order valence-corrected chi connectivity index (χ2v) is 7.01. The third kappa shape index (κ3) is 3.04. The molecule has 0 saturated carbocycles. The molecule has 1 amide bonds. The van der Waals surface area contributed by atoms with Crippen LogP contribution in [0.2, 0.25) is 0 Å². The lowest BCUT2D eigenvalue weighted by Crippen LogP contribution is -2.35. The Morgan fingerprint density at radius 2 is 2.08 bits per heavy atom. The summed E-state index contributed by atoms with van der Waals surface area (Å²) in [5.41, 5.74) is 5.83. The lowest BCUT2D eigenvalue weighted by atomic mass is 9.96. The molecule has 1 unspecified atom stereocenters. The Labute approximate surface area is 147 Å². The average molecular weight is 333 g/mol. The van der Waals surface area contributed by atoms with Crippen LogP contribution in [0.15, 0.2) is 42.5 Å². The van der Waals surface area contributed by atoms with Crippen molar-refractivity contribution in [3.63, 3.8) is 0 Å². The zero-order valence-electron chi connectivity index (χ0n) is 14.7. The molecule has 0 bridgehead atoms. The Morgan fingerprint density at radius 1 is 1.24 bits per heavy atom. The van der Waals surface area contributed by atoms with Gasteiger partial charge in [-0.2, -0.15) is 0 Å². The minimum atomic E-state index is 0.00873. The topological polar surface area (TPSA) is 46.9 Å². The summed E-state index contributed by atoms with van der Waals surface area (Å²) in [5, 5.41) is 3.13. The molecule has 128 valence electrons. The van der Waals surface area contributed by atoms with E-state index in [0.717, 1.165) is 24.3 Å². The smallest absolute Gasteiger partial charge is 0.223 e. The number of nitrogens with zero attached hydrogens (tertiary/aromatic N) is 2. The van der Waals surface area contributed by atoms with Gasteiger partial charge in [0.05, 0.1) is 11.0 Å². The van der Waals surface area contributed by atoms with Crippen molar-refractivity contribution < 1.29 is 4.79 Å². The van der Waals surface area contributed by atoms with Gasteiger partial charge >= 0.3 is 0 Å². The van der Waals surface area contributed by atoms with Crippen LogP contribution in [-0.4, -0.2) is 15.5 Å². The van der Waals surface area contributed by atoms with Crippen molar-refractivity contribution in [3.8, 4) is 0 Å². The van der Waals surface area contributed by atoms with Crippen molar-refractivity contribution in [1.29, 1.82) is 0 Å². The van der Waals surface area contributed by atoms with Crippen LogP contribution in [0, 0.1) is 19.8 Å². The summed E-state index contributed by atoms with van der Waals surface area (Å²) in [4.78, 5) is 17.4. The number of benzene rings is 2. The van der Waals surface area contributed by atoms with Crippen LogP contribution in [0.5, 0.6) is 0 Å². The fourth-order valence-corrected chi connectivity index (χ4v) is 3.68. The number of carbonyl (C=O) groups is 1. The van der Waals surface area contributed by atoms with Crippen LogP contribution in [-0.2, 0) is 24.3 Å². The van der Waals surface area contributed by atoms with Gasteiger partial charge in [0, 0.05) is 25.4 Å². The van der Waals surface area contributed by atoms with Crippen molar-refractivity contribution in [2.24, 2.45) is 5.92 Å². The monoisotopic (exact) mass is 333 g/mol. The lowest BCUT2D eigenvalue weighted by Gasteiger charge is -2.23. The maximum absolute atomic E-state index is 12.6. The Bertz CT molecular complexity index is 941. The summed E-state index contributed by atoms with van der Waals surface area (Å²) >= 11 is 0. The predicted molar refractivity (Wildman–Crippen MR) is 99.3 cm³/mol. The largest absolute Gasteiger partial charge is 0.352 e. The molecular formula is C21H23N3O. The molecule has 2 aromatic carbocycles. The number of fused-ring (bicyclic) bond motifs is 3. The van der Waals surface area contributed by atoms with Crippen molar-refractivity contribution in [2.45, 2.75) is 39.8 Å². The van der Waals surface area contributed by atoms with E-state index in [1.807, 2.05) is 18.2 Å². The number of para-hydroxylation sites is 2. The van der Waals surface area contributed by atoms with Gasteiger partial charge < -0.3 is 9.88 Å². The lowest BCUT2D eigenvalue weighted by molar-refractivity contribution is -0.125. The SMILES string of the molecule is Cc1ccc(C)c(CNC(=O)C2CCn3c(nc4ccccc43)C2)c1. The van der Waals surface area contributed by atoms with Gasteiger partial charge in [-0.3, -0.25) is 4.79 Å². The second kappa shape index (κ2) is 6.36. The minimum Gasteiger partial charge on any atom is -0.352 e. The maximum atomic E-state index is 12.6. The molecule has 0 radical (unpaired) electrons. The first-order valence-electron chi connectivity index (χ1n) is 8.90. The summed E-state index contributed by atoms with van der Waals surface area (Å²) < 4.78 is 2.25. The highest BCUT2D eigenvalue weighted by molar-refractivity contribution is 5.80. The second-order valence-electron chi connectivity index (χ2n) is 7.01. The van der Waals surface area contributed by atoms with E-state index in [-0.39, 0.29) is 11.8 Å². The molecule has 1 N–H and O–H groups in total. The summed E-state index contributed by atoms with van der Waals surface area (Å²) in [5.74, 6) is 1.17. The molecular weight excluding hydrogens is 310 g/mol. The molecule has 4 heteroatoms. The Balaban J connectivity index is 1.46. The number of imidazole rings is 1. The van der Waals surface area contributed by atoms with Gasteiger partial charge in [0.1, 0.15) is 5.82 Å². The van der Waals surface area contributed by atoms with Crippen LogP contribution in [0.3, 0.4) is 0 Å². The summed E-state index contributed by atoms with van der Waals surface area (Å²) in [6, 6.07) is 14.6. The number of carbonyl (C=O) groups excluding carboxylic acids is 1. The molecule has 2 heterocycles. The number of nitrogens with one attached hydrogen (secondary N) is 1. The highest BCUT2D eigenvalue weighted by Gasteiger charge is 2.26. The molecule has 0 fully saturated rings. The van der Waals surface area contributed by atoms with E-state index in [1.165, 1.54) is 22.2 Å². The number of rotatable bonds is 3. The Morgan fingerprint density at radius 3 is 2.96 bits per heavy atom. The van der Waals surface area contributed by atoms with Gasteiger partial charge in [0.2, 0.25) is 5.91 Å². The van der Waals surface area contributed by atoms with E-state index in [4.69, 9.17) is 4.98 Å². The number of amides is 1. The molecule has 1 aliphatic heterocycles. The third-order valence-corrected chi connectivity index (χ3v) is 5.19. The summed E-state index contributed by atoms with van der Waals surface area (Å²) in [7, 11) is 0. The Kier molecular flexibility index (Phi) is 4.04. The summed E-state index contributed by atoms with van der Waals surface area (Å²) in [6.45, 7) is 5.62. The van der Waals surface area contributed by atoms with Gasteiger partial charge in [-0.05, 0) is 43.5 Å².